The molecule has 0 aliphatic carbocycles. The number of hydrogen-bond donors (Lipinski definition) is 0. The molecule has 8 heteroatoms. The number of rotatable bonds is 6. The molecule has 0 atom stereocenters. The molecule has 0 amide bonds. The van der Waals surface area contributed by atoms with Crippen LogP contribution in [0.3, 0.4) is 0 Å². The van der Waals surface area contributed by atoms with Crippen molar-refractivity contribution in [3.05, 3.63) is 46.4 Å². The van der Waals surface area contributed by atoms with Crippen LogP contribution in [0.5, 0.6) is 17.2 Å². The van der Waals surface area contributed by atoms with E-state index in [-0.39, 0.29) is 0 Å². The maximum atomic E-state index is 5.70. The molecule has 3 aromatic rings. The minimum atomic E-state index is 0.577. The van der Waals surface area contributed by atoms with Crippen LogP contribution in [0.1, 0.15) is 12.5 Å². The summed E-state index contributed by atoms with van der Waals surface area (Å²) in [4.78, 5) is 0. The van der Waals surface area contributed by atoms with Gasteiger partial charge in [0.25, 0.3) is 0 Å². The molecule has 0 fully saturated rings. The van der Waals surface area contributed by atoms with E-state index in [1.54, 1.807) is 18.9 Å². The zero-order valence-electron chi connectivity index (χ0n) is 15.6. The number of nitrogens with zero attached hydrogens (tertiary/aromatic N) is 3. The van der Waals surface area contributed by atoms with E-state index in [9.17, 15) is 0 Å². The van der Waals surface area contributed by atoms with Crippen molar-refractivity contribution < 1.29 is 14.2 Å². The Bertz CT molecular complexity index is 993. The second kappa shape index (κ2) is 8.45. The molecule has 0 saturated heterocycles. The number of benzene rings is 2. The van der Waals surface area contributed by atoms with E-state index in [1.807, 2.05) is 36.4 Å². The molecular formula is C20H20BrN3O3S. The highest BCUT2D eigenvalue weighted by atomic mass is 79.9. The summed E-state index contributed by atoms with van der Waals surface area (Å²) in [6.07, 6.45) is 0. The third-order valence-electron chi connectivity index (χ3n) is 4.45. The number of aromatic nitrogens is 3. The van der Waals surface area contributed by atoms with E-state index in [0.29, 0.717) is 13.2 Å². The van der Waals surface area contributed by atoms with Crippen LogP contribution in [0.4, 0.5) is 0 Å². The van der Waals surface area contributed by atoms with E-state index in [1.165, 1.54) is 0 Å². The first-order valence-corrected chi connectivity index (χ1v) is 10.8. The molecule has 0 saturated carbocycles. The lowest BCUT2D eigenvalue weighted by Gasteiger charge is -2.19. The van der Waals surface area contributed by atoms with E-state index in [4.69, 9.17) is 14.2 Å². The summed E-state index contributed by atoms with van der Waals surface area (Å²) in [6.45, 7) is 4.02. The van der Waals surface area contributed by atoms with Crippen LogP contribution in [0, 0.1) is 0 Å². The van der Waals surface area contributed by atoms with Gasteiger partial charge in [0.1, 0.15) is 19.0 Å². The number of halogens is 1. The lowest BCUT2D eigenvalue weighted by Crippen LogP contribution is -2.15. The zero-order valence-corrected chi connectivity index (χ0v) is 18.0. The number of methoxy groups -OCH3 is 1. The van der Waals surface area contributed by atoms with Gasteiger partial charge in [0.05, 0.1) is 12.7 Å². The van der Waals surface area contributed by atoms with Crippen molar-refractivity contribution in [3.8, 4) is 28.6 Å². The highest BCUT2D eigenvalue weighted by molar-refractivity contribution is 9.10. The molecule has 0 unspecified atom stereocenters. The van der Waals surface area contributed by atoms with Gasteiger partial charge >= 0.3 is 0 Å². The number of thioether (sulfide) groups is 1. The Labute approximate surface area is 176 Å². The third-order valence-corrected chi connectivity index (χ3v) is 6.20. The Morgan fingerprint density at radius 2 is 1.89 bits per heavy atom. The molecule has 146 valence electrons. The fourth-order valence-electron chi connectivity index (χ4n) is 3.07. The van der Waals surface area contributed by atoms with Crippen LogP contribution in [-0.2, 0) is 12.3 Å². The van der Waals surface area contributed by atoms with Gasteiger partial charge in [0.2, 0.25) is 0 Å². The fraction of sp³-hybridized carbons (Fsp3) is 0.300. The van der Waals surface area contributed by atoms with Gasteiger partial charge in [-0.15, -0.1) is 10.2 Å². The van der Waals surface area contributed by atoms with E-state index in [2.05, 4.69) is 37.6 Å². The first-order chi connectivity index (χ1) is 13.7. The van der Waals surface area contributed by atoms with Gasteiger partial charge in [0.15, 0.2) is 22.5 Å². The largest absolute Gasteiger partial charge is 0.496 e. The summed E-state index contributed by atoms with van der Waals surface area (Å²) < 4.78 is 19.9. The standard InChI is InChI=1S/C20H20BrN3O3S/c1-3-24-19(14-6-4-5-7-16(14)25-2)22-23-20(24)28-12-13-10-17-18(11-15(13)21)27-9-8-26-17/h4-7,10-11H,3,8-9,12H2,1-2H3. The molecule has 1 aromatic heterocycles. The maximum absolute atomic E-state index is 5.70. The third kappa shape index (κ3) is 3.71. The molecule has 6 nitrogen and oxygen atoms in total. The van der Waals surface area contributed by atoms with Gasteiger partial charge in [-0.2, -0.15) is 0 Å². The predicted octanol–water partition coefficient (Wildman–Crippen LogP) is 4.80. The molecule has 0 radical (unpaired) electrons. The summed E-state index contributed by atoms with van der Waals surface area (Å²) >= 11 is 5.28. The average Bonchev–Trinajstić information content (AvgIpc) is 3.14. The minimum Gasteiger partial charge on any atom is -0.496 e. The van der Waals surface area contributed by atoms with Crippen molar-refractivity contribution in [2.45, 2.75) is 24.4 Å². The van der Waals surface area contributed by atoms with Crippen LogP contribution in [0.15, 0.2) is 46.0 Å². The van der Waals surface area contributed by atoms with Crippen molar-refractivity contribution >= 4 is 27.7 Å². The number of ether oxygens (including phenoxy) is 3. The second-order valence-electron chi connectivity index (χ2n) is 6.13. The SMILES string of the molecule is CCn1c(SCc2cc3c(cc2Br)OCCO3)nnc1-c1ccccc1OC. The predicted molar refractivity (Wildman–Crippen MR) is 112 cm³/mol. The zero-order chi connectivity index (χ0) is 19.5. The van der Waals surface area contributed by atoms with Gasteiger partial charge in [-0.1, -0.05) is 39.8 Å². The van der Waals surface area contributed by atoms with Crippen molar-refractivity contribution in [2.24, 2.45) is 0 Å². The molecule has 4 rings (SSSR count). The number of fused-ring (bicyclic) bond motifs is 1. The second-order valence-corrected chi connectivity index (χ2v) is 7.92. The number of para-hydroxylation sites is 1. The smallest absolute Gasteiger partial charge is 0.191 e. The quantitative estimate of drug-likeness (QED) is 0.491. The Hall–Kier alpha value is -2.19. The van der Waals surface area contributed by atoms with Crippen LogP contribution in [0.25, 0.3) is 11.4 Å². The van der Waals surface area contributed by atoms with Crippen molar-refractivity contribution in [1.29, 1.82) is 0 Å². The highest BCUT2D eigenvalue weighted by Crippen LogP contribution is 2.38. The van der Waals surface area contributed by atoms with Gasteiger partial charge in [0, 0.05) is 16.8 Å². The summed E-state index contributed by atoms with van der Waals surface area (Å²) in [5, 5.41) is 9.71. The highest BCUT2D eigenvalue weighted by Gasteiger charge is 2.18. The summed E-state index contributed by atoms with van der Waals surface area (Å²) in [7, 11) is 1.67. The van der Waals surface area contributed by atoms with Gasteiger partial charge in [-0.3, -0.25) is 0 Å². The molecule has 1 aliphatic heterocycles. The Kier molecular flexibility index (Phi) is 5.77. The molecule has 2 aromatic carbocycles. The van der Waals surface area contributed by atoms with Gasteiger partial charge < -0.3 is 18.8 Å². The van der Waals surface area contributed by atoms with Gasteiger partial charge in [-0.05, 0) is 36.8 Å². The average molecular weight is 462 g/mol. The van der Waals surface area contributed by atoms with E-state index in [0.717, 1.165) is 56.1 Å². The van der Waals surface area contributed by atoms with Crippen LogP contribution in [0.2, 0.25) is 0 Å². The summed E-state index contributed by atoms with van der Waals surface area (Å²) in [6, 6.07) is 11.9. The van der Waals surface area contributed by atoms with E-state index >= 15 is 0 Å². The number of hydrogen-bond acceptors (Lipinski definition) is 6. The van der Waals surface area contributed by atoms with Crippen LogP contribution in [-0.4, -0.2) is 35.1 Å². The van der Waals surface area contributed by atoms with Gasteiger partial charge in [-0.25, -0.2) is 0 Å². The maximum Gasteiger partial charge on any atom is 0.191 e. The molecule has 0 N–H and O–H groups in total. The first kappa shape index (κ1) is 19.1. The fourth-order valence-corrected chi connectivity index (χ4v) is 4.71. The summed E-state index contributed by atoms with van der Waals surface area (Å²) in [5.41, 5.74) is 2.06. The molecule has 28 heavy (non-hydrogen) atoms. The van der Waals surface area contributed by atoms with Crippen LogP contribution >= 0.6 is 27.7 Å². The molecule has 0 bridgehead atoms. The van der Waals surface area contributed by atoms with Crippen molar-refractivity contribution in [1.82, 2.24) is 14.8 Å². The Morgan fingerprint density at radius 1 is 1.14 bits per heavy atom. The first-order valence-electron chi connectivity index (χ1n) is 8.98. The summed E-state index contributed by atoms with van der Waals surface area (Å²) in [5.74, 6) is 3.90. The van der Waals surface area contributed by atoms with Crippen molar-refractivity contribution in [3.63, 3.8) is 0 Å². The molecule has 0 spiro atoms. The van der Waals surface area contributed by atoms with E-state index < -0.39 is 0 Å². The minimum absolute atomic E-state index is 0.577. The molecule has 1 aliphatic rings. The molecular weight excluding hydrogens is 442 g/mol. The monoisotopic (exact) mass is 461 g/mol. The lowest BCUT2D eigenvalue weighted by molar-refractivity contribution is 0.171. The van der Waals surface area contributed by atoms with Crippen molar-refractivity contribution in [2.75, 3.05) is 20.3 Å². The van der Waals surface area contributed by atoms with Crippen LogP contribution < -0.4 is 14.2 Å². The normalized spacial score (nSPS) is 12.8. The lowest BCUT2D eigenvalue weighted by atomic mass is 10.2. The topological polar surface area (TPSA) is 58.4 Å². The Morgan fingerprint density at radius 3 is 2.64 bits per heavy atom. The molecule has 2 heterocycles. The Balaban J connectivity index is 1.59.